The zero-order chi connectivity index (χ0) is 22.7. The minimum atomic E-state index is -4.46. The van der Waals surface area contributed by atoms with E-state index in [0.29, 0.717) is 35.2 Å². The van der Waals surface area contributed by atoms with Crippen LogP contribution in [0, 0.1) is 17.1 Å². The summed E-state index contributed by atoms with van der Waals surface area (Å²) < 4.78 is 62.5. The molecule has 0 aliphatic heterocycles. The van der Waals surface area contributed by atoms with E-state index in [2.05, 4.69) is 0 Å². The Morgan fingerprint density at radius 3 is 2.00 bits per heavy atom. The summed E-state index contributed by atoms with van der Waals surface area (Å²) in [4.78, 5) is 25.7. The summed E-state index contributed by atoms with van der Waals surface area (Å²) in [7, 11) is -5.67. The van der Waals surface area contributed by atoms with Gasteiger partial charge in [0.25, 0.3) is 5.91 Å². The maximum Gasteiger partial charge on any atom is 0.259 e. The minimum Gasteiger partial charge on any atom is -0.381 e. The van der Waals surface area contributed by atoms with Gasteiger partial charge in [0, 0.05) is 25.9 Å². The van der Waals surface area contributed by atoms with Crippen molar-refractivity contribution in [1.82, 2.24) is 4.90 Å². The molecule has 0 aromatic heterocycles. The van der Waals surface area contributed by atoms with Gasteiger partial charge in [-0.05, 0) is 19.1 Å². The number of nitriles is 1. The monoisotopic (exact) mass is 446 g/mol. The Hall–Kier alpha value is -2.98. The van der Waals surface area contributed by atoms with Crippen LogP contribution in [-0.2, 0) is 29.6 Å². The average molecular weight is 446 g/mol. The number of anilines is 2. The summed E-state index contributed by atoms with van der Waals surface area (Å²) in [5, 5.41) is 9.20. The third kappa shape index (κ3) is 5.52. The zero-order valence-electron chi connectivity index (χ0n) is 16.2. The smallest absolute Gasteiger partial charge is 0.259 e. The molecule has 2 amide bonds. The van der Waals surface area contributed by atoms with Crippen LogP contribution in [-0.4, -0.2) is 60.7 Å². The number of imide groups is 1. The minimum absolute atomic E-state index is 0.0127. The SMILES string of the molecule is C/C(=C/C(=O)N(C=O)c1cc(N(S(C)(=O)=O)S(C)(=O)=O)c(C#N)cc1F)N(C)C. The highest BCUT2D eigenvalue weighted by Crippen LogP contribution is 2.32. The molecule has 158 valence electrons. The van der Waals surface area contributed by atoms with Crippen LogP contribution in [0.15, 0.2) is 23.9 Å². The van der Waals surface area contributed by atoms with Crippen LogP contribution in [0.1, 0.15) is 12.5 Å². The first-order valence-electron chi connectivity index (χ1n) is 7.73. The van der Waals surface area contributed by atoms with Crippen molar-refractivity contribution in [2.45, 2.75) is 6.92 Å². The van der Waals surface area contributed by atoms with Crippen LogP contribution < -0.4 is 8.61 Å². The second-order valence-corrected chi connectivity index (χ2v) is 10.0. The van der Waals surface area contributed by atoms with E-state index in [9.17, 15) is 36.1 Å². The predicted octanol–water partition coefficient (Wildman–Crippen LogP) is 0.378. The molecule has 1 aromatic carbocycles. The van der Waals surface area contributed by atoms with E-state index in [4.69, 9.17) is 0 Å². The molecular weight excluding hydrogens is 427 g/mol. The molecule has 1 rings (SSSR count). The van der Waals surface area contributed by atoms with Crippen LogP contribution in [0.4, 0.5) is 15.8 Å². The average Bonchev–Trinajstić information content (AvgIpc) is 2.55. The number of carbonyl (C=O) groups excluding carboxylic acids is 2. The number of amides is 2. The predicted molar refractivity (Wildman–Crippen MR) is 104 cm³/mol. The highest BCUT2D eigenvalue weighted by atomic mass is 32.3. The van der Waals surface area contributed by atoms with E-state index >= 15 is 0 Å². The lowest BCUT2D eigenvalue weighted by atomic mass is 10.1. The number of hydrogen-bond donors (Lipinski definition) is 0. The lowest BCUT2D eigenvalue weighted by molar-refractivity contribution is -0.118. The van der Waals surface area contributed by atoms with E-state index in [0.717, 1.165) is 6.08 Å². The van der Waals surface area contributed by atoms with E-state index in [1.54, 1.807) is 25.9 Å². The Kier molecular flexibility index (Phi) is 7.12. The first-order chi connectivity index (χ1) is 13.1. The summed E-state index contributed by atoms with van der Waals surface area (Å²) in [5.41, 5.74) is -1.65. The zero-order valence-corrected chi connectivity index (χ0v) is 17.9. The number of halogens is 1. The van der Waals surface area contributed by atoms with Crippen molar-refractivity contribution < 1.29 is 30.8 Å². The Balaban J connectivity index is 3.82. The summed E-state index contributed by atoms with van der Waals surface area (Å²) in [5.74, 6) is -2.17. The van der Waals surface area contributed by atoms with Crippen LogP contribution in [0.2, 0.25) is 0 Å². The fourth-order valence-corrected chi connectivity index (χ4v) is 5.17. The molecule has 0 heterocycles. The largest absolute Gasteiger partial charge is 0.381 e. The fourth-order valence-electron chi connectivity index (χ4n) is 2.18. The standard InChI is InChI=1S/C16H19FN4O6S2/c1-11(19(2)3)6-16(23)20(10-22)15-8-14(12(9-18)7-13(15)17)21(28(4,24)25)29(5,26)27/h6-8,10H,1-5H3/b11-6-. The molecule has 0 aliphatic carbocycles. The van der Waals surface area contributed by atoms with Crippen molar-refractivity contribution in [2.75, 3.05) is 35.2 Å². The quantitative estimate of drug-likeness (QED) is 0.433. The number of sulfonamides is 2. The van der Waals surface area contributed by atoms with Crippen molar-refractivity contribution in [3.05, 3.63) is 35.3 Å². The van der Waals surface area contributed by atoms with Crippen molar-refractivity contribution >= 4 is 43.7 Å². The third-order valence-corrected chi connectivity index (χ3v) is 6.85. The Bertz CT molecular complexity index is 1090. The molecule has 0 unspecified atom stereocenters. The second-order valence-electron chi connectivity index (χ2n) is 6.15. The molecule has 1 aromatic rings. The molecule has 0 atom stereocenters. The van der Waals surface area contributed by atoms with Gasteiger partial charge in [-0.3, -0.25) is 9.59 Å². The van der Waals surface area contributed by atoms with Crippen LogP contribution in [0.3, 0.4) is 0 Å². The molecule has 0 N–H and O–H groups in total. The first kappa shape index (κ1) is 24.1. The fraction of sp³-hybridized carbons (Fsp3) is 0.312. The van der Waals surface area contributed by atoms with Gasteiger partial charge in [0.1, 0.15) is 11.9 Å². The number of rotatable bonds is 7. The third-order valence-electron chi connectivity index (χ3n) is 3.62. The highest BCUT2D eigenvalue weighted by molar-refractivity contribution is 8.09. The van der Waals surface area contributed by atoms with Crippen LogP contribution in [0.25, 0.3) is 0 Å². The summed E-state index contributed by atoms with van der Waals surface area (Å²) in [6, 6.07) is 2.68. The molecule has 13 heteroatoms. The number of carbonyl (C=O) groups is 2. The molecule has 0 fully saturated rings. The molecule has 0 saturated carbocycles. The van der Waals surface area contributed by atoms with Crippen molar-refractivity contribution in [3.63, 3.8) is 0 Å². The Morgan fingerprint density at radius 1 is 1.10 bits per heavy atom. The van der Waals surface area contributed by atoms with Gasteiger partial charge in [0.05, 0.1) is 29.4 Å². The maximum absolute atomic E-state index is 14.5. The molecule has 0 saturated heterocycles. The Morgan fingerprint density at radius 2 is 1.62 bits per heavy atom. The van der Waals surface area contributed by atoms with E-state index in [1.165, 1.54) is 6.07 Å². The molecule has 10 nitrogen and oxygen atoms in total. The van der Waals surface area contributed by atoms with Crippen molar-refractivity contribution in [3.8, 4) is 6.07 Å². The number of allylic oxidation sites excluding steroid dienone is 1. The summed E-state index contributed by atoms with van der Waals surface area (Å²) in [6.07, 6.45) is 2.16. The first-order valence-corrected chi connectivity index (χ1v) is 11.4. The van der Waals surface area contributed by atoms with Gasteiger partial charge in [-0.25, -0.2) is 26.1 Å². The molecule has 29 heavy (non-hydrogen) atoms. The molecule has 0 radical (unpaired) electrons. The Labute approximate surface area is 168 Å². The number of nitrogens with zero attached hydrogens (tertiary/aromatic N) is 4. The van der Waals surface area contributed by atoms with Crippen molar-refractivity contribution in [1.29, 1.82) is 5.26 Å². The van der Waals surface area contributed by atoms with Gasteiger partial charge >= 0.3 is 0 Å². The van der Waals surface area contributed by atoms with Gasteiger partial charge in [-0.15, -0.1) is 0 Å². The second kappa shape index (κ2) is 8.58. The lowest BCUT2D eigenvalue weighted by Gasteiger charge is -2.23. The molecule has 0 bridgehead atoms. The lowest BCUT2D eigenvalue weighted by Crippen LogP contribution is -2.36. The van der Waals surface area contributed by atoms with E-state index in [-0.39, 0.29) is 10.1 Å². The summed E-state index contributed by atoms with van der Waals surface area (Å²) >= 11 is 0. The highest BCUT2D eigenvalue weighted by Gasteiger charge is 2.32. The normalized spacial score (nSPS) is 12.1. The van der Waals surface area contributed by atoms with E-state index in [1.807, 2.05) is 0 Å². The van der Waals surface area contributed by atoms with Gasteiger partial charge in [0.15, 0.2) is 0 Å². The molecule has 0 aliphatic rings. The van der Waals surface area contributed by atoms with Gasteiger partial charge in [-0.2, -0.15) is 8.97 Å². The summed E-state index contributed by atoms with van der Waals surface area (Å²) in [6.45, 7) is 1.55. The molecule has 0 spiro atoms. The number of benzene rings is 1. The maximum atomic E-state index is 14.5. The van der Waals surface area contributed by atoms with Crippen molar-refractivity contribution in [2.24, 2.45) is 0 Å². The van der Waals surface area contributed by atoms with Crippen LogP contribution >= 0.6 is 0 Å². The topological polar surface area (TPSA) is 136 Å². The van der Waals surface area contributed by atoms with Gasteiger partial charge < -0.3 is 4.90 Å². The van der Waals surface area contributed by atoms with E-state index < -0.39 is 48.7 Å². The molecular formula is C16H19FN4O6S2. The van der Waals surface area contributed by atoms with Gasteiger partial charge in [0.2, 0.25) is 26.5 Å². The van der Waals surface area contributed by atoms with Gasteiger partial charge in [-0.1, -0.05) is 0 Å². The van der Waals surface area contributed by atoms with Crippen LogP contribution in [0.5, 0.6) is 0 Å². The number of hydrogen-bond acceptors (Lipinski definition) is 8.